The predicted molar refractivity (Wildman–Crippen MR) is 85.8 cm³/mol. The van der Waals surface area contributed by atoms with E-state index in [4.69, 9.17) is 0 Å². The maximum atomic E-state index is 12.0. The third kappa shape index (κ3) is 4.74. The number of hydrogen-bond donors (Lipinski definition) is 3. The van der Waals surface area contributed by atoms with E-state index in [2.05, 4.69) is 26.0 Å². The lowest BCUT2D eigenvalue weighted by Gasteiger charge is -2.15. The van der Waals surface area contributed by atoms with E-state index in [0.717, 1.165) is 4.47 Å². The third-order valence-electron chi connectivity index (χ3n) is 3.27. The molecule has 0 saturated carbocycles. The fourth-order valence-corrected chi connectivity index (χ4v) is 5.24. The van der Waals surface area contributed by atoms with Gasteiger partial charge in [-0.15, -0.1) is 0 Å². The molecule has 0 radical (unpaired) electrons. The van der Waals surface area contributed by atoms with Gasteiger partial charge < -0.3 is 10.4 Å². The molecule has 0 aromatic heterocycles. The molecule has 2 rings (SSSR count). The molecule has 0 amide bonds. The molecule has 1 fully saturated rings. The predicted octanol–water partition coefficient (Wildman–Crippen LogP) is -0.525. The van der Waals surface area contributed by atoms with Gasteiger partial charge in [0, 0.05) is 23.6 Å². The second-order valence-electron chi connectivity index (χ2n) is 5.06. The Morgan fingerprint density at radius 3 is 2.36 bits per heavy atom. The smallest absolute Gasteiger partial charge is 0.240 e. The Morgan fingerprint density at radius 2 is 1.82 bits per heavy atom. The van der Waals surface area contributed by atoms with Crippen LogP contribution in [0.15, 0.2) is 33.6 Å². The first-order valence-corrected chi connectivity index (χ1v) is 10.7. The van der Waals surface area contributed by atoms with Gasteiger partial charge in [0.15, 0.2) is 9.84 Å². The van der Waals surface area contributed by atoms with E-state index in [1.54, 1.807) is 12.1 Å². The molecule has 3 N–H and O–H groups in total. The van der Waals surface area contributed by atoms with Crippen molar-refractivity contribution in [2.45, 2.75) is 17.0 Å². The number of benzene rings is 1. The van der Waals surface area contributed by atoms with Gasteiger partial charge in [-0.25, -0.2) is 21.6 Å². The van der Waals surface area contributed by atoms with E-state index in [-0.39, 0.29) is 29.5 Å². The van der Waals surface area contributed by atoms with E-state index >= 15 is 0 Å². The molecule has 1 saturated heterocycles. The summed E-state index contributed by atoms with van der Waals surface area (Å²) in [7, 11) is -6.81. The van der Waals surface area contributed by atoms with Crippen LogP contribution in [0.5, 0.6) is 0 Å². The summed E-state index contributed by atoms with van der Waals surface area (Å²) in [6.45, 7) is 0.328. The summed E-state index contributed by atoms with van der Waals surface area (Å²) in [6.07, 6.45) is -0.951. The number of sulfone groups is 1. The zero-order valence-electron chi connectivity index (χ0n) is 11.6. The second kappa shape index (κ2) is 6.93. The summed E-state index contributed by atoms with van der Waals surface area (Å²) in [4.78, 5) is 0.152. The fraction of sp³-hybridized carbons (Fsp3) is 0.500. The molecular formula is C12H17BrN2O5S2. The topological polar surface area (TPSA) is 113 Å². The molecule has 1 aliphatic rings. The lowest BCUT2D eigenvalue weighted by Crippen LogP contribution is -2.42. The highest BCUT2D eigenvalue weighted by molar-refractivity contribution is 9.10. The number of rotatable bonds is 6. The summed E-state index contributed by atoms with van der Waals surface area (Å²) < 4.78 is 49.9. The van der Waals surface area contributed by atoms with Gasteiger partial charge >= 0.3 is 0 Å². The maximum Gasteiger partial charge on any atom is 0.240 e. The summed E-state index contributed by atoms with van der Waals surface area (Å²) in [5.41, 5.74) is 0. The summed E-state index contributed by atoms with van der Waals surface area (Å²) in [6, 6.07) is 5.67. The van der Waals surface area contributed by atoms with Gasteiger partial charge in [-0.2, -0.15) is 0 Å². The molecule has 1 aliphatic heterocycles. The van der Waals surface area contributed by atoms with Crippen molar-refractivity contribution in [3.63, 3.8) is 0 Å². The number of halogens is 1. The number of hydrogen-bond acceptors (Lipinski definition) is 6. The van der Waals surface area contributed by atoms with Crippen LogP contribution in [0.25, 0.3) is 0 Å². The minimum absolute atomic E-state index is 0.0989. The molecule has 1 aromatic carbocycles. The van der Waals surface area contributed by atoms with Crippen molar-refractivity contribution in [1.82, 2.24) is 10.0 Å². The number of aliphatic hydroxyl groups excluding tert-OH is 1. The van der Waals surface area contributed by atoms with Crippen LogP contribution in [0.2, 0.25) is 0 Å². The molecule has 7 nitrogen and oxygen atoms in total. The van der Waals surface area contributed by atoms with Crippen molar-refractivity contribution in [3.8, 4) is 0 Å². The summed E-state index contributed by atoms with van der Waals surface area (Å²) in [5.74, 6) is -0.386. The summed E-state index contributed by atoms with van der Waals surface area (Å²) >= 11 is 3.23. The van der Waals surface area contributed by atoms with Gasteiger partial charge in [0.25, 0.3) is 0 Å². The first-order chi connectivity index (χ1) is 10.2. The SMILES string of the molecule is O=S1(=O)C[C@H](NCCNS(=O)(=O)c2ccc(Br)cc2)[C@@H](O)C1. The van der Waals surface area contributed by atoms with E-state index in [1.807, 2.05) is 0 Å². The minimum atomic E-state index is -3.60. The van der Waals surface area contributed by atoms with Crippen LogP contribution in [-0.2, 0) is 19.9 Å². The zero-order valence-corrected chi connectivity index (χ0v) is 14.8. The molecule has 0 spiro atoms. The quantitative estimate of drug-likeness (QED) is 0.541. The molecule has 22 heavy (non-hydrogen) atoms. The Balaban J connectivity index is 1.82. The largest absolute Gasteiger partial charge is 0.390 e. The van der Waals surface area contributed by atoms with Crippen molar-refractivity contribution in [1.29, 1.82) is 0 Å². The Bertz CT molecular complexity index is 718. The average molecular weight is 413 g/mol. The van der Waals surface area contributed by atoms with Crippen molar-refractivity contribution >= 4 is 35.8 Å². The zero-order chi connectivity index (χ0) is 16.4. The normalized spacial score (nSPS) is 24.5. The van der Waals surface area contributed by atoms with E-state index in [0.29, 0.717) is 0 Å². The van der Waals surface area contributed by atoms with Crippen molar-refractivity contribution in [2.75, 3.05) is 24.6 Å². The lowest BCUT2D eigenvalue weighted by molar-refractivity contribution is 0.166. The molecule has 10 heteroatoms. The maximum absolute atomic E-state index is 12.0. The Hall–Kier alpha value is -0.520. The molecule has 1 heterocycles. The second-order valence-corrected chi connectivity index (χ2v) is 9.89. The average Bonchev–Trinajstić information content (AvgIpc) is 2.68. The van der Waals surface area contributed by atoms with Crippen LogP contribution >= 0.6 is 15.9 Å². The fourth-order valence-electron chi connectivity index (χ4n) is 2.16. The number of aliphatic hydroxyl groups is 1. The molecule has 0 aliphatic carbocycles. The van der Waals surface area contributed by atoms with Crippen LogP contribution in [0.1, 0.15) is 0 Å². The summed E-state index contributed by atoms with van der Waals surface area (Å²) in [5, 5.41) is 12.5. The van der Waals surface area contributed by atoms with Crippen molar-refractivity contribution in [2.24, 2.45) is 0 Å². The number of sulfonamides is 1. The van der Waals surface area contributed by atoms with E-state index in [9.17, 15) is 21.9 Å². The Kier molecular flexibility index (Phi) is 5.62. The first kappa shape index (κ1) is 17.8. The third-order valence-corrected chi connectivity index (χ3v) is 6.99. The molecule has 1 aromatic rings. The standard InChI is InChI=1S/C12H17BrN2O5S2/c13-9-1-3-10(4-2-9)22(19,20)15-6-5-14-11-7-21(17,18)8-12(11)16/h1-4,11-12,14-16H,5-8H2/t11-,12-/m0/s1. The molecule has 0 unspecified atom stereocenters. The van der Waals surface area contributed by atoms with Crippen molar-refractivity contribution in [3.05, 3.63) is 28.7 Å². The van der Waals surface area contributed by atoms with Crippen LogP contribution in [0, 0.1) is 0 Å². The molecule has 2 atom stereocenters. The molecule has 124 valence electrons. The highest BCUT2D eigenvalue weighted by atomic mass is 79.9. The van der Waals surface area contributed by atoms with Gasteiger partial charge in [0.05, 0.1) is 22.5 Å². The van der Waals surface area contributed by atoms with Crippen LogP contribution in [-0.4, -0.2) is 58.7 Å². The highest BCUT2D eigenvalue weighted by Crippen LogP contribution is 2.14. The van der Waals surface area contributed by atoms with Gasteiger partial charge in [-0.3, -0.25) is 0 Å². The molecular weight excluding hydrogens is 396 g/mol. The van der Waals surface area contributed by atoms with E-state index < -0.39 is 32.0 Å². The van der Waals surface area contributed by atoms with Crippen LogP contribution in [0.3, 0.4) is 0 Å². The highest BCUT2D eigenvalue weighted by Gasteiger charge is 2.35. The number of nitrogens with one attached hydrogen (secondary N) is 2. The minimum Gasteiger partial charge on any atom is -0.390 e. The van der Waals surface area contributed by atoms with Gasteiger partial charge in [0.2, 0.25) is 10.0 Å². The van der Waals surface area contributed by atoms with Crippen molar-refractivity contribution < 1.29 is 21.9 Å². The van der Waals surface area contributed by atoms with Gasteiger partial charge in [-0.1, -0.05) is 15.9 Å². The van der Waals surface area contributed by atoms with Gasteiger partial charge in [-0.05, 0) is 24.3 Å². The Labute approximate surface area is 138 Å². The monoisotopic (exact) mass is 412 g/mol. The van der Waals surface area contributed by atoms with Gasteiger partial charge in [0.1, 0.15) is 0 Å². The lowest BCUT2D eigenvalue weighted by atomic mass is 10.2. The van der Waals surface area contributed by atoms with Crippen LogP contribution < -0.4 is 10.0 Å². The Morgan fingerprint density at radius 1 is 1.18 bits per heavy atom. The first-order valence-electron chi connectivity index (χ1n) is 6.57. The van der Waals surface area contributed by atoms with E-state index in [1.165, 1.54) is 12.1 Å². The molecule has 0 bridgehead atoms. The van der Waals surface area contributed by atoms with Crippen LogP contribution in [0.4, 0.5) is 0 Å².